The molecule has 0 spiro atoms. The fourth-order valence-electron chi connectivity index (χ4n) is 4.00. The van der Waals surface area contributed by atoms with Gasteiger partial charge in [-0.15, -0.1) is 0 Å². The molecule has 1 saturated heterocycles. The van der Waals surface area contributed by atoms with E-state index >= 15 is 0 Å². The van der Waals surface area contributed by atoms with Gasteiger partial charge in [0.15, 0.2) is 0 Å². The molecule has 0 aliphatic carbocycles. The third kappa shape index (κ3) is 5.69. The number of piperidine rings is 1. The van der Waals surface area contributed by atoms with Crippen molar-refractivity contribution in [1.29, 1.82) is 0 Å². The molecular formula is C25H29ClN4O2. The van der Waals surface area contributed by atoms with Crippen LogP contribution in [0.25, 0.3) is 11.3 Å². The average Bonchev–Trinajstić information content (AvgIpc) is 3.21. The van der Waals surface area contributed by atoms with Crippen LogP contribution in [0.4, 0.5) is 5.69 Å². The summed E-state index contributed by atoms with van der Waals surface area (Å²) in [6.07, 6.45) is 4.35. The van der Waals surface area contributed by atoms with E-state index in [-0.39, 0.29) is 12.3 Å². The van der Waals surface area contributed by atoms with Crippen LogP contribution in [0.2, 0.25) is 5.02 Å². The molecule has 0 bridgehead atoms. The first kappa shape index (κ1) is 22.4. The molecule has 1 aliphatic rings. The summed E-state index contributed by atoms with van der Waals surface area (Å²) in [5.74, 6) is 1.29. The summed E-state index contributed by atoms with van der Waals surface area (Å²) in [6.45, 7) is 2.92. The summed E-state index contributed by atoms with van der Waals surface area (Å²) in [7, 11) is 4.07. The number of carbonyl (C=O) groups excluding carboxylic acids is 1. The Kier molecular flexibility index (Phi) is 7.12. The molecule has 1 N–H and O–H groups in total. The predicted octanol–water partition coefficient (Wildman–Crippen LogP) is 4.64. The number of ether oxygens (including phenoxy) is 1. The molecule has 32 heavy (non-hydrogen) atoms. The summed E-state index contributed by atoms with van der Waals surface area (Å²) in [5, 5.41) is 7.96. The predicted molar refractivity (Wildman–Crippen MR) is 128 cm³/mol. The quantitative estimate of drug-likeness (QED) is 0.567. The molecule has 168 valence electrons. The van der Waals surface area contributed by atoms with E-state index in [1.54, 1.807) is 18.3 Å². The van der Waals surface area contributed by atoms with E-state index in [2.05, 4.69) is 22.4 Å². The highest BCUT2D eigenvalue weighted by atomic mass is 35.5. The van der Waals surface area contributed by atoms with Crippen molar-refractivity contribution >= 4 is 23.2 Å². The van der Waals surface area contributed by atoms with E-state index in [1.807, 2.05) is 48.1 Å². The number of benzene rings is 2. The second kappa shape index (κ2) is 10.2. The van der Waals surface area contributed by atoms with Gasteiger partial charge in [0.05, 0.1) is 18.7 Å². The maximum absolute atomic E-state index is 12.6. The standard InChI is InChI=1S/C25H29ClN4O2/c1-29-13-10-19(11-14-29)17-32-24-8-7-21(16-22(24)23-9-12-27-30(23)2)28-25(31)15-18-3-5-20(26)6-4-18/h3-9,12,16,19H,10-11,13-15,17H2,1-2H3,(H,28,31). The van der Waals surface area contributed by atoms with Gasteiger partial charge >= 0.3 is 0 Å². The molecule has 0 atom stereocenters. The van der Waals surface area contributed by atoms with Gasteiger partial charge in [-0.3, -0.25) is 9.48 Å². The third-order valence-corrected chi connectivity index (χ3v) is 6.20. The molecule has 3 aromatic rings. The minimum atomic E-state index is -0.0803. The molecule has 7 heteroatoms. The van der Waals surface area contributed by atoms with Crippen LogP contribution >= 0.6 is 11.6 Å². The van der Waals surface area contributed by atoms with Crippen LogP contribution in [0.15, 0.2) is 54.7 Å². The van der Waals surface area contributed by atoms with Gasteiger partial charge in [-0.05, 0) is 80.9 Å². The normalized spacial score (nSPS) is 15.0. The van der Waals surface area contributed by atoms with Gasteiger partial charge in [0.25, 0.3) is 0 Å². The van der Waals surface area contributed by atoms with E-state index in [0.29, 0.717) is 17.5 Å². The van der Waals surface area contributed by atoms with Crippen molar-refractivity contribution in [2.24, 2.45) is 13.0 Å². The zero-order valence-electron chi connectivity index (χ0n) is 18.6. The Labute approximate surface area is 194 Å². The highest BCUT2D eigenvalue weighted by Gasteiger charge is 2.19. The maximum atomic E-state index is 12.6. The Hall–Kier alpha value is -2.83. The lowest BCUT2D eigenvalue weighted by Gasteiger charge is -2.29. The SMILES string of the molecule is CN1CCC(COc2ccc(NC(=O)Cc3ccc(Cl)cc3)cc2-c2ccnn2C)CC1. The molecule has 1 fully saturated rings. The Bertz CT molecular complexity index is 1060. The number of halogens is 1. The number of rotatable bonds is 7. The van der Waals surface area contributed by atoms with Crippen LogP contribution in [-0.4, -0.2) is 47.3 Å². The lowest BCUT2D eigenvalue weighted by molar-refractivity contribution is -0.115. The Morgan fingerprint density at radius 2 is 1.88 bits per heavy atom. The Balaban J connectivity index is 1.48. The van der Waals surface area contributed by atoms with Gasteiger partial charge in [0.2, 0.25) is 5.91 Å². The second-order valence-corrected chi connectivity index (χ2v) is 8.90. The molecule has 1 aliphatic heterocycles. The smallest absolute Gasteiger partial charge is 0.228 e. The monoisotopic (exact) mass is 452 g/mol. The fourth-order valence-corrected chi connectivity index (χ4v) is 4.13. The van der Waals surface area contributed by atoms with Crippen LogP contribution in [0.5, 0.6) is 5.75 Å². The summed E-state index contributed by atoms with van der Waals surface area (Å²) in [5.41, 5.74) is 3.50. The fraction of sp³-hybridized carbons (Fsp3) is 0.360. The number of nitrogens with zero attached hydrogens (tertiary/aromatic N) is 3. The summed E-state index contributed by atoms with van der Waals surface area (Å²) >= 11 is 5.93. The number of aromatic nitrogens is 2. The van der Waals surface area contributed by atoms with Crippen LogP contribution in [-0.2, 0) is 18.3 Å². The summed E-state index contributed by atoms with van der Waals surface area (Å²) in [6, 6.07) is 15.1. The Morgan fingerprint density at radius 3 is 2.56 bits per heavy atom. The van der Waals surface area contributed by atoms with Crippen molar-refractivity contribution in [3.63, 3.8) is 0 Å². The molecule has 4 rings (SSSR count). The lowest BCUT2D eigenvalue weighted by atomic mass is 9.98. The zero-order chi connectivity index (χ0) is 22.5. The van der Waals surface area contributed by atoms with Crippen LogP contribution in [0, 0.1) is 5.92 Å². The highest BCUT2D eigenvalue weighted by molar-refractivity contribution is 6.30. The topological polar surface area (TPSA) is 59.4 Å². The largest absolute Gasteiger partial charge is 0.493 e. The minimum absolute atomic E-state index is 0.0803. The van der Waals surface area contributed by atoms with Gasteiger partial charge in [-0.25, -0.2) is 0 Å². The van der Waals surface area contributed by atoms with Crippen LogP contribution < -0.4 is 10.1 Å². The average molecular weight is 453 g/mol. The first-order valence-electron chi connectivity index (χ1n) is 11.0. The third-order valence-electron chi connectivity index (χ3n) is 5.95. The van der Waals surface area contributed by atoms with Gasteiger partial charge in [-0.1, -0.05) is 23.7 Å². The van der Waals surface area contributed by atoms with Crippen LogP contribution in [0.3, 0.4) is 0 Å². The minimum Gasteiger partial charge on any atom is -0.493 e. The van der Waals surface area contributed by atoms with E-state index in [0.717, 1.165) is 54.2 Å². The van der Waals surface area contributed by atoms with Crippen molar-refractivity contribution in [2.45, 2.75) is 19.3 Å². The maximum Gasteiger partial charge on any atom is 0.228 e. The summed E-state index contributed by atoms with van der Waals surface area (Å²) < 4.78 is 8.09. The molecular weight excluding hydrogens is 424 g/mol. The van der Waals surface area contributed by atoms with Gasteiger partial charge in [0.1, 0.15) is 5.75 Å². The van der Waals surface area contributed by atoms with E-state index in [4.69, 9.17) is 16.3 Å². The molecule has 1 amide bonds. The molecule has 0 unspecified atom stereocenters. The number of likely N-dealkylation sites (tertiary alicyclic amines) is 1. The Morgan fingerprint density at radius 1 is 1.12 bits per heavy atom. The van der Waals surface area contributed by atoms with Crippen LogP contribution in [0.1, 0.15) is 18.4 Å². The molecule has 1 aromatic heterocycles. The number of anilines is 1. The number of amides is 1. The number of hydrogen-bond acceptors (Lipinski definition) is 4. The van der Waals surface area contributed by atoms with Gasteiger partial charge < -0.3 is 15.0 Å². The number of carbonyl (C=O) groups is 1. The molecule has 2 heterocycles. The van der Waals surface area contributed by atoms with E-state index in [9.17, 15) is 4.79 Å². The second-order valence-electron chi connectivity index (χ2n) is 8.46. The first-order chi connectivity index (χ1) is 15.5. The molecule has 0 saturated carbocycles. The molecule has 2 aromatic carbocycles. The van der Waals surface area contributed by atoms with Crippen molar-refractivity contribution in [3.05, 3.63) is 65.3 Å². The van der Waals surface area contributed by atoms with E-state index in [1.165, 1.54) is 0 Å². The first-order valence-corrected chi connectivity index (χ1v) is 11.3. The van der Waals surface area contributed by atoms with Crippen molar-refractivity contribution in [1.82, 2.24) is 14.7 Å². The lowest BCUT2D eigenvalue weighted by Crippen LogP contribution is -2.32. The summed E-state index contributed by atoms with van der Waals surface area (Å²) in [4.78, 5) is 14.9. The number of aryl methyl sites for hydroxylation is 1. The van der Waals surface area contributed by atoms with Gasteiger partial charge in [-0.2, -0.15) is 5.10 Å². The number of nitrogens with one attached hydrogen (secondary N) is 1. The van der Waals surface area contributed by atoms with Crippen molar-refractivity contribution in [2.75, 3.05) is 32.1 Å². The van der Waals surface area contributed by atoms with Crippen molar-refractivity contribution < 1.29 is 9.53 Å². The molecule has 0 radical (unpaired) electrons. The van der Waals surface area contributed by atoms with Crippen molar-refractivity contribution in [3.8, 4) is 17.0 Å². The zero-order valence-corrected chi connectivity index (χ0v) is 19.3. The van der Waals surface area contributed by atoms with E-state index < -0.39 is 0 Å². The number of hydrogen-bond donors (Lipinski definition) is 1. The highest BCUT2D eigenvalue weighted by Crippen LogP contribution is 2.33. The molecule has 6 nitrogen and oxygen atoms in total. The van der Waals surface area contributed by atoms with Gasteiger partial charge in [0, 0.05) is 29.5 Å².